The molecule has 1 fully saturated rings. The molecule has 1 aliphatic carbocycles. The first kappa shape index (κ1) is 23.7. The minimum Gasteiger partial charge on any atom is -0.506 e. The van der Waals surface area contributed by atoms with Crippen molar-refractivity contribution in [2.45, 2.75) is 46.1 Å². The predicted molar refractivity (Wildman–Crippen MR) is 117 cm³/mol. The Morgan fingerprint density at radius 3 is 2.43 bits per heavy atom. The van der Waals surface area contributed by atoms with Crippen molar-refractivity contribution < 1.29 is 19.4 Å². The molecule has 0 spiro atoms. The Morgan fingerprint density at radius 2 is 1.90 bits per heavy atom. The molecule has 3 rings (SSSR count). The van der Waals surface area contributed by atoms with Crippen LogP contribution in [0.2, 0.25) is 5.02 Å². The number of hydrogen-bond donors (Lipinski definition) is 2. The second-order valence-electron chi connectivity index (χ2n) is 7.72. The summed E-state index contributed by atoms with van der Waals surface area (Å²) in [6, 6.07) is 11.0. The van der Waals surface area contributed by atoms with E-state index in [-0.39, 0.29) is 24.0 Å². The van der Waals surface area contributed by atoms with Crippen LogP contribution in [0.25, 0.3) is 0 Å². The molecule has 0 aliphatic heterocycles. The summed E-state index contributed by atoms with van der Waals surface area (Å²) in [7, 11) is 0. The van der Waals surface area contributed by atoms with Crippen molar-refractivity contribution >= 4 is 23.3 Å². The van der Waals surface area contributed by atoms with Crippen LogP contribution in [0, 0.1) is 11.8 Å². The van der Waals surface area contributed by atoms with Crippen molar-refractivity contribution in [1.29, 1.82) is 0 Å². The lowest BCUT2D eigenvalue weighted by atomic mass is 9.71. The zero-order chi connectivity index (χ0) is 22.1. The van der Waals surface area contributed by atoms with Gasteiger partial charge in [0.1, 0.15) is 12.4 Å². The number of Topliss-reactive ketones (excluding diaryl/α,β-unsaturated/α-hetero) is 1. The molecule has 1 saturated carbocycles. The van der Waals surface area contributed by atoms with Crippen molar-refractivity contribution in [2.75, 3.05) is 6.61 Å². The van der Waals surface area contributed by atoms with Gasteiger partial charge in [0.15, 0.2) is 5.78 Å². The highest BCUT2D eigenvalue weighted by atomic mass is 35.5. The first-order valence-electron chi connectivity index (χ1n) is 10.1. The summed E-state index contributed by atoms with van der Waals surface area (Å²) in [5.41, 5.74) is 1.16. The van der Waals surface area contributed by atoms with Crippen LogP contribution in [0.5, 0.6) is 11.6 Å². The van der Waals surface area contributed by atoms with Crippen LogP contribution in [0.1, 0.15) is 39.2 Å². The van der Waals surface area contributed by atoms with E-state index in [1.165, 1.54) is 25.3 Å². The molecule has 2 N–H and O–H groups in total. The lowest BCUT2D eigenvalue weighted by molar-refractivity contribution is -0.123. The fraction of sp³-hybridized carbons (Fsp3) is 0.435. The van der Waals surface area contributed by atoms with Crippen LogP contribution in [0.3, 0.4) is 0 Å². The number of rotatable bonds is 7. The number of amides is 1. The molecule has 0 radical (unpaired) electrons. The molecule has 1 aromatic carbocycles. The SMILES string of the molecule is CC(=O)COc1ccc(O)cn1.CC1CC(NC(=O)CCc2ccc(Cl)cc2)C1C. The third-order valence-corrected chi connectivity index (χ3v) is 5.45. The van der Waals surface area contributed by atoms with Gasteiger partial charge in [0.25, 0.3) is 0 Å². The van der Waals surface area contributed by atoms with E-state index in [4.69, 9.17) is 21.4 Å². The number of halogens is 1. The van der Waals surface area contributed by atoms with Crippen LogP contribution in [0.15, 0.2) is 42.6 Å². The molecule has 1 heterocycles. The van der Waals surface area contributed by atoms with Crippen LogP contribution in [-0.4, -0.2) is 34.4 Å². The fourth-order valence-corrected chi connectivity index (χ4v) is 3.17. The Balaban J connectivity index is 0.000000232. The lowest BCUT2D eigenvalue weighted by Gasteiger charge is -2.41. The van der Waals surface area contributed by atoms with Gasteiger partial charge >= 0.3 is 0 Å². The summed E-state index contributed by atoms with van der Waals surface area (Å²) in [6.45, 7) is 5.89. The maximum Gasteiger partial charge on any atom is 0.220 e. The van der Waals surface area contributed by atoms with Gasteiger partial charge in [0.2, 0.25) is 11.8 Å². The molecule has 3 unspecified atom stereocenters. The van der Waals surface area contributed by atoms with E-state index >= 15 is 0 Å². The highest BCUT2D eigenvalue weighted by Crippen LogP contribution is 2.33. The number of hydrogen-bond acceptors (Lipinski definition) is 5. The van der Waals surface area contributed by atoms with Crippen LogP contribution in [-0.2, 0) is 16.0 Å². The number of aryl methyl sites for hydroxylation is 1. The van der Waals surface area contributed by atoms with Crippen LogP contribution in [0.4, 0.5) is 0 Å². The Labute approximate surface area is 182 Å². The first-order valence-corrected chi connectivity index (χ1v) is 10.4. The van der Waals surface area contributed by atoms with Gasteiger partial charge in [0, 0.05) is 23.6 Å². The summed E-state index contributed by atoms with van der Waals surface area (Å²) < 4.78 is 4.95. The average Bonchev–Trinajstić information content (AvgIpc) is 2.73. The highest BCUT2D eigenvalue weighted by Gasteiger charge is 2.34. The standard InChI is InChI=1S/C15H20ClNO.C8H9NO3/c1-10-9-14(11(10)2)17-15(18)8-5-12-3-6-13(16)7-4-12;1-6(10)5-12-8-3-2-7(11)4-9-8/h3-4,6-7,10-11,14H,5,8-9H2,1-2H3,(H,17,18);2-4,11H,5H2,1H3. The van der Waals surface area contributed by atoms with E-state index in [1.807, 2.05) is 24.3 Å². The van der Waals surface area contributed by atoms with Crippen LogP contribution >= 0.6 is 11.6 Å². The zero-order valence-corrected chi connectivity index (χ0v) is 18.4. The van der Waals surface area contributed by atoms with Gasteiger partial charge in [0.05, 0.1) is 6.20 Å². The Bertz CT molecular complexity index is 824. The van der Waals surface area contributed by atoms with Crippen LogP contribution < -0.4 is 10.1 Å². The topological polar surface area (TPSA) is 88.5 Å². The second kappa shape index (κ2) is 11.6. The molecule has 1 amide bonds. The third kappa shape index (κ3) is 8.03. The summed E-state index contributed by atoms with van der Waals surface area (Å²) in [4.78, 5) is 26.0. The number of nitrogens with zero attached hydrogens (tertiary/aromatic N) is 1. The number of aromatic nitrogens is 1. The van der Waals surface area contributed by atoms with E-state index in [0.29, 0.717) is 24.3 Å². The predicted octanol–water partition coefficient (Wildman–Crippen LogP) is 4.19. The van der Waals surface area contributed by atoms with Gasteiger partial charge in [-0.05, 0) is 55.4 Å². The van der Waals surface area contributed by atoms with E-state index in [0.717, 1.165) is 29.3 Å². The molecule has 2 aromatic rings. The minimum absolute atomic E-state index is 0.0117. The minimum atomic E-state index is -0.0649. The molecular formula is C23H29ClN2O4. The fourth-order valence-electron chi connectivity index (χ4n) is 3.04. The maximum absolute atomic E-state index is 11.8. The summed E-state index contributed by atoms with van der Waals surface area (Å²) in [6.07, 6.45) is 3.71. The number of carbonyl (C=O) groups excluding carboxylic acids is 2. The van der Waals surface area contributed by atoms with Gasteiger partial charge in [-0.15, -0.1) is 0 Å². The van der Waals surface area contributed by atoms with Crippen molar-refractivity contribution in [1.82, 2.24) is 10.3 Å². The van der Waals surface area contributed by atoms with Gasteiger partial charge in [-0.1, -0.05) is 37.6 Å². The quantitative estimate of drug-likeness (QED) is 0.684. The third-order valence-electron chi connectivity index (χ3n) is 5.20. The first-order chi connectivity index (χ1) is 14.2. The monoisotopic (exact) mass is 432 g/mol. The molecule has 3 atom stereocenters. The maximum atomic E-state index is 11.8. The molecule has 1 aromatic heterocycles. The normalized spacial score (nSPS) is 19.7. The molecule has 162 valence electrons. The number of ether oxygens (including phenoxy) is 1. The van der Waals surface area contributed by atoms with E-state index in [1.54, 1.807) is 0 Å². The second-order valence-corrected chi connectivity index (χ2v) is 8.15. The Hall–Kier alpha value is -2.60. The molecule has 30 heavy (non-hydrogen) atoms. The largest absolute Gasteiger partial charge is 0.506 e. The van der Waals surface area contributed by atoms with E-state index in [2.05, 4.69) is 24.1 Å². The lowest BCUT2D eigenvalue weighted by Crippen LogP contribution is -2.50. The smallest absolute Gasteiger partial charge is 0.220 e. The zero-order valence-electron chi connectivity index (χ0n) is 17.6. The molecule has 0 bridgehead atoms. The van der Waals surface area contributed by atoms with Gasteiger partial charge in [-0.3, -0.25) is 9.59 Å². The number of ketones is 1. The highest BCUT2D eigenvalue weighted by molar-refractivity contribution is 6.30. The summed E-state index contributed by atoms with van der Waals surface area (Å²) in [5, 5.41) is 12.7. The number of benzene rings is 1. The van der Waals surface area contributed by atoms with Gasteiger partial charge in [-0.2, -0.15) is 0 Å². The van der Waals surface area contributed by atoms with Gasteiger partial charge < -0.3 is 15.2 Å². The molecular weight excluding hydrogens is 404 g/mol. The van der Waals surface area contributed by atoms with E-state index < -0.39 is 0 Å². The van der Waals surface area contributed by atoms with Crippen molar-refractivity contribution in [3.8, 4) is 11.6 Å². The molecule has 7 heteroatoms. The molecule has 0 saturated heterocycles. The number of nitrogens with one attached hydrogen (secondary N) is 1. The molecule has 1 aliphatic rings. The number of pyridine rings is 1. The summed E-state index contributed by atoms with van der Waals surface area (Å²) >= 11 is 5.82. The number of aromatic hydroxyl groups is 1. The molecule has 6 nitrogen and oxygen atoms in total. The number of carbonyl (C=O) groups is 2. The van der Waals surface area contributed by atoms with Crippen molar-refractivity contribution in [3.63, 3.8) is 0 Å². The van der Waals surface area contributed by atoms with Crippen molar-refractivity contribution in [2.24, 2.45) is 11.8 Å². The Kier molecular flexibility index (Phi) is 9.12. The summed E-state index contributed by atoms with van der Waals surface area (Å²) in [5.74, 6) is 1.86. The van der Waals surface area contributed by atoms with Gasteiger partial charge in [-0.25, -0.2) is 4.98 Å². The van der Waals surface area contributed by atoms with E-state index in [9.17, 15) is 9.59 Å². The Morgan fingerprint density at radius 1 is 1.20 bits per heavy atom. The average molecular weight is 433 g/mol. The van der Waals surface area contributed by atoms with Crippen molar-refractivity contribution in [3.05, 3.63) is 53.2 Å².